The molecule has 2 heterocycles. The fourth-order valence-electron chi connectivity index (χ4n) is 1.62. The number of thiophene rings is 1. The summed E-state index contributed by atoms with van der Waals surface area (Å²) in [7, 11) is 0. The van der Waals surface area contributed by atoms with Gasteiger partial charge in [-0.05, 0) is 24.8 Å². The third kappa shape index (κ3) is 1.50. The van der Waals surface area contributed by atoms with E-state index in [4.69, 9.17) is 10.5 Å². The molecule has 0 saturated carbocycles. The van der Waals surface area contributed by atoms with Crippen LogP contribution in [0, 0.1) is 0 Å². The minimum Gasteiger partial charge on any atom is -0.487 e. The van der Waals surface area contributed by atoms with E-state index in [1.807, 2.05) is 18.4 Å². The van der Waals surface area contributed by atoms with Crippen LogP contribution in [-0.4, -0.2) is 18.0 Å². The van der Waals surface area contributed by atoms with E-state index in [9.17, 15) is 0 Å². The van der Waals surface area contributed by atoms with Crippen LogP contribution in [0.1, 0.15) is 25.1 Å². The Balaban J connectivity index is 2.40. The number of amidine groups is 1. The number of hydrogen-bond acceptors (Lipinski definition) is 4. The van der Waals surface area contributed by atoms with Gasteiger partial charge < -0.3 is 10.5 Å². The Morgan fingerprint density at radius 3 is 3.14 bits per heavy atom. The maximum absolute atomic E-state index is 5.90. The summed E-state index contributed by atoms with van der Waals surface area (Å²) in [6, 6.07) is 2.13. The van der Waals surface area contributed by atoms with Crippen molar-refractivity contribution in [3.63, 3.8) is 0 Å². The zero-order valence-electron chi connectivity index (χ0n) is 8.36. The van der Waals surface area contributed by atoms with Gasteiger partial charge in [0.25, 0.3) is 0 Å². The summed E-state index contributed by atoms with van der Waals surface area (Å²) in [4.78, 5) is 5.43. The first-order chi connectivity index (χ1) is 6.72. The standard InChI is InChI=1S/C10H14N2OS/c1-3-7-6(2)13-8-4-5-14-9(8)10(11)12-7/h4-7H,3H2,1-2H3,(H2,11,12). The second-order valence-electron chi connectivity index (χ2n) is 3.43. The van der Waals surface area contributed by atoms with Crippen LogP contribution < -0.4 is 10.5 Å². The first-order valence-electron chi connectivity index (χ1n) is 4.80. The first kappa shape index (κ1) is 9.52. The van der Waals surface area contributed by atoms with E-state index in [2.05, 4.69) is 11.9 Å². The molecular formula is C10H14N2OS. The average Bonchev–Trinajstić information content (AvgIpc) is 2.57. The predicted octanol–water partition coefficient (Wildman–Crippen LogP) is 2.01. The normalized spacial score (nSPS) is 26.0. The Hall–Kier alpha value is -1.03. The second-order valence-corrected chi connectivity index (χ2v) is 4.34. The molecule has 0 saturated heterocycles. The van der Waals surface area contributed by atoms with Gasteiger partial charge in [0.15, 0.2) is 0 Å². The lowest BCUT2D eigenvalue weighted by Gasteiger charge is -2.17. The molecule has 1 aromatic heterocycles. The van der Waals surface area contributed by atoms with Crippen molar-refractivity contribution in [1.82, 2.24) is 0 Å². The van der Waals surface area contributed by atoms with E-state index < -0.39 is 0 Å². The molecule has 0 aliphatic carbocycles. The van der Waals surface area contributed by atoms with E-state index in [1.54, 1.807) is 11.3 Å². The number of ether oxygens (including phenoxy) is 1. The summed E-state index contributed by atoms with van der Waals surface area (Å²) in [5.74, 6) is 1.49. The van der Waals surface area contributed by atoms with E-state index >= 15 is 0 Å². The maximum atomic E-state index is 5.90. The lowest BCUT2D eigenvalue weighted by atomic mass is 10.1. The summed E-state index contributed by atoms with van der Waals surface area (Å²) in [5.41, 5.74) is 5.90. The molecule has 2 atom stereocenters. The molecule has 2 rings (SSSR count). The van der Waals surface area contributed by atoms with Crippen LogP contribution >= 0.6 is 11.3 Å². The molecule has 1 aromatic rings. The zero-order chi connectivity index (χ0) is 10.1. The Labute approximate surface area is 87.6 Å². The fourth-order valence-corrected chi connectivity index (χ4v) is 2.35. The van der Waals surface area contributed by atoms with Gasteiger partial charge in [-0.3, -0.25) is 4.99 Å². The van der Waals surface area contributed by atoms with Crippen molar-refractivity contribution in [3.8, 4) is 5.75 Å². The molecule has 4 heteroatoms. The maximum Gasteiger partial charge on any atom is 0.141 e. The Morgan fingerprint density at radius 1 is 1.64 bits per heavy atom. The summed E-state index contributed by atoms with van der Waals surface area (Å²) < 4.78 is 5.79. The highest BCUT2D eigenvalue weighted by atomic mass is 32.1. The van der Waals surface area contributed by atoms with Crippen molar-refractivity contribution >= 4 is 17.2 Å². The molecule has 0 radical (unpaired) electrons. The fraction of sp³-hybridized carbons (Fsp3) is 0.500. The van der Waals surface area contributed by atoms with Crippen LogP contribution in [0.25, 0.3) is 0 Å². The Morgan fingerprint density at radius 2 is 2.43 bits per heavy atom. The lowest BCUT2D eigenvalue weighted by Crippen LogP contribution is -2.26. The van der Waals surface area contributed by atoms with E-state index in [1.165, 1.54) is 0 Å². The van der Waals surface area contributed by atoms with Crippen LogP contribution in [-0.2, 0) is 0 Å². The summed E-state index contributed by atoms with van der Waals surface area (Å²) in [6.07, 6.45) is 1.06. The van der Waals surface area contributed by atoms with E-state index in [0.717, 1.165) is 17.0 Å². The molecule has 1 aliphatic heterocycles. The van der Waals surface area contributed by atoms with Crippen LogP contribution in [0.3, 0.4) is 0 Å². The minimum absolute atomic E-state index is 0.106. The largest absolute Gasteiger partial charge is 0.487 e. The number of fused-ring (bicyclic) bond motifs is 1. The van der Waals surface area contributed by atoms with Crippen LogP contribution in [0.4, 0.5) is 0 Å². The first-order valence-corrected chi connectivity index (χ1v) is 5.68. The van der Waals surface area contributed by atoms with Gasteiger partial charge in [-0.15, -0.1) is 11.3 Å². The number of aliphatic imine (C=N–C) groups is 1. The minimum atomic E-state index is 0.106. The van der Waals surface area contributed by atoms with Crippen LogP contribution in [0.5, 0.6) is 5.75 Å². The zero-order valence-corrected chi connectivity index (χ0v) is 9.17. The molecule has 2 N–H and O–H groups in total. The highest BCUT2D eigenvalue weighted by molar-refractivity contribution is 7.12. The summed E-state index contributed by atoms with van der Waals surface area (Å²) >= 11 is 1.58. The van der Waals surface area contributed by atoms with Gasteiger partial charge >= 0.3 is 0 Å². The van der Waals surface area contributed by atoms with Crippen molar-refractivity contribution in [2.75, 3.05) is 0 Å². The number of rotatable bonds is 1. The van der Waals surface area contributed by atoms with Gasteiger partial charge in [0.1, 0.15) is 22.6 Å². The Kier molecular flexibility index (Phi) is 2.46. The van der Waals surface area contributed by atoms with Gasteiger partial charge in [-0.25, -0.2) is 0 Å². The molecule has 0 spiro atoms. The highest BCUT2D eigenvalue weighted by Gasteiger charge is 2.23. The van der Waals surface area contributed by atoms with Crippen molar-refractivity contribution in [2.45, 2.75) is 32.4 Å². The molecule has 1 aliphatic rings. The van der Waals surface area contributed by atoms with Crippen LogP contribution in [0.2, 0.25) is 0 Å². The highest BCUT2D eigenvalue weighted by Crippen LogP contribution is 2.29. The third-order valence-corrected chi connectivity index (χ3v) is 3.36. The molecule has 3 nitrogen and oxygen atoms in total. The SMILES string of the molecule is CCC1N=C(N)c2sccc2OC1C. The monoisotopic (exact) mass is 210 g/mol. The van der Waals surface area contributed by atoms with Crippen molar-refractivity contribution in [1.29, 1.82) is 0 Å². The van der Waals surface area contributed by atoms with Gasteiger partial charge in [-0.2, -0.15) is 0 Å². The molecule has 0 amide bonds. The Bertz CT molecular complexity index is 359. The van der Waals surface area contributed by atoms with Gasteiger partial charge in [-0.1, -0.05) is 6.92 Å². The summed E-state index contributed by atoms with van der Waals surface area (Å²) in [5, 5.41) is 1.98. The quantitative estimate of drug-likeness (QED) is 0.770. The average molecular weight is 210 g/mol. The second kappa shape index (κ2) is 3.61. The third-order valence-electron chi connectivity index (χ3n) is 2.44. The lowest BCUT2D eigenvalue weighted by molar-refractivity contribution is 0.191. The van der Waals surface area contributed by atoms with Gasteiger partial charge in [0.05, 0.1) is 6.04 Å². The topological polar surface area (TPSA) is 47.6 Å². The summed E-state index contributed by atoms with van der Waals surface area (Å²) in [6.45, 7) is 4.14. The van der Waals surface area contributed by atoms with Crippen molar-refractivity contribution in [2.24, 2.45) is 10.7 Å². The van der Waals surface area contributed by atoms with E-state index in [0.29, 0.717) is 5.84 Å². The number of nitrogens with zero attached hydrogens (tertiary/aromatic N) is 1. The molecule has 14 heavy (non-hydrogen) atoms. The molecule has 2 unspecified atom stereocenters. The molecule has 0 bridgehead atoms. The molecule has 76 valence electrons. The van der Waals surface area contributed by atoms with E-state index in [-0.39, 0.29) is 12.1 Å². The van der Waals surface area contributed by atoms with Crippen molar-refractivity contribution in [3.05, 3.63) is 16.3 Å². The number of hydrogen-bond donors (Lipinski definition) is 1. The van der Waals surface area contributed by atoms with Crippen LogP contribution in [0.15, 0.2) is 16.4 Å². The van der Waals surface area contributed by atoms with Gasteiger partial charge in [0.2, 0.25) is 0 Å². The molecular weight excluding hydrogens is 196 g/mol. The smallest absolute Gasteiger partial charge is 0.141 e. The molecule has 0 aromatic carbocycles. The molecule has 0 fully saturated rings. The predicted molar refractivity (Wildman–Crippen MR) is 59.2 cm³/mol. The van der Waals surface area contributed by atoms with Gasteiger partial charge in [0, 0.05) is 0 Å². The number of nitrogens with two attached hydrogens (primary N) is 1. The van der Waals surface area contributed by atoms with Crippen molar-refractivity contribution < 1.29 is 4.74 Å².